The molecule has 1 saturated heterocycles. The van der Waals surface area contributed by atoms with Crippen LogP contribution in [0.3, 0.4) is 0 Å². The van der Waals surface area contributed by atoms with Crippen LogP contribution < -0.4 is 5.56 Å². The number of likely N-dealkylation sites (tertiary alicyclic amines) is 1. The van der Waals surface area contributed by atoms with E-state index < -0.39 is 0 Å². The minimum absolute atomic E-state index is 0.0312. The molecular formula is C20H27N3O2S. The molecule has 6 heteroatoms. The third-order valence-corrected chi connectivity index (χ3v) is 7.07. The van der Waals surface area contributed by atoms with Gasteiger partial charge in [-0.1, -0.05) is 13.8 Å². The molecule has 26 heavy (non-hydrogen) atoms. The van der Waals surface area contributed by atoms with Crippen LogP contribution in [0.4, 0.5) is 0 Å². The molecule has 0 spiro atoms. The Morgan fingerprint density at radius 3 is 2.77 bits per heavy atom. The summed E-state index contributed by atoms with van der Waals surface area (Å²) in [5.41, 5.74) is 1.18. The fraction of sp³-hybridized carbons (Fsp3) is 0.650. The third kappa shape index (κ3) is 3.43. The quantitative estimate of drug-likeness (QED) is 0.898. The van der Waals surface area contributed by atoms with Gasteiger partial charge in [0.15, 0.2) is 0 Å². The standard InChI is InChI=1S/C20H27N3O2S/c1-12-7-9-23(10-8-12)17(24)6-5-16-21-19(25)18-14-4-3-13(2)11-15(14)26-20(18)22-16/h12-13H,3-11H2,1-2H3,(H,21,22,25). The van der Waals surface area contributed by atoms with Crippen LogP contribution in [0.25, 0.3) is 10.2 Å². The number of aryl methyl sites for hydroxylation is 2. The highest BCUT2D eigenvalue weighted by Gasteiger charge is 2.24. The minimum Gasteiger partial charge on any atom is -0.343 e. The van der Waals surface area contributed by atoms with Crippen molar-refractivity contribution in [2.24, 2.45) is 11.8 Å². The van der Waals surface area contributed by atoms with Crippen LogP contribution in [0.1, 0.15) is 55.8 Å². The summed E-state index contributed by atoms with van der Waals surface area (Å²) < 4.78 is 0. The van der Waals surface area contributed by atoms with Crippen LogP contribution in [-0.4, -0.2) is 33.9 Å². The Morgan fingerprint density at radius 2 is 2.00 bits per heavy atom. The Labute approximate surface area is 157 Å². The molecule has 0 aromatic carbocycles. The first-order valence-corrected chi connectivity index (χ1v) is 10.6. The first kappa shape index (κ1) is 17.7. The predicted molar refractivity (Wildman–Crippen MR) is 105 cm³/mol. The fourth-order valence-electron chi connectivity index (χ4n) is 4.15. The van der Waals surface area contributed by atoms with Crippen molar-refractivity contribution in [3.8, 4) is 0 Å². The summed E-state index contributed by atoms with van der Waals surface area (Å²) >= 11 is 1.67. The second-order valence-electron chi connectivity index (χ2n) is 8.11. The second-order valence-corrected chi connectivity index (χ2v) is 9.19. The van der Waals surface area contributed by atoms with E-state index in [1.165, 1.54) is 10.4 Å². The van der Waals surface area contributed by atoms with Crippen LogP contribution in [-0.2, 0) is 24.1 Å². The fourth-order valence-corrected chi connectivity index (χ4v) is 5.56. The van der Waals surface area contributed by atoms with Crippen molar-refractivity contribution < 1.29 is 4.79 Å². The lowest BCUT2D eigenvalue weighted by Crippen LogP contribution is -2.38. The Hall–Kier alpha value is -1.69. The molecule has 4 rings (SSSR count). The van der Waals surface area contributed by atoms with E-state index in [0.717, 1.165) is 55.4 Å². The zero-order valence-electron chi connectivity index (χ0n) is 15.6. The van der Waals surface area contributed by atoms with E-state index in [4.69, 9.17) is 0 Å². The lowest BCUT2D eigenvalue weighted by molar-refractivity contribution is -0.132. The number of nitrogens with one attached hydrogen (secondary N) is 1. The molecule has 1 unspecified atom stereocenters. The number of thiophene rings is 1. The third-order valence-electron chi connectivity index (χ3n) is 5.93. The van der Waals surface area contributed by atoms with Gasteiger partial charge in [-0.3, -0.25) is 9.59 Å². The maximum Gasteiger partial charge on any atom is 0.259 e. The van der Waals surface area contributed by atoms with Gasteiger partial charge in [0, 0.05) is 30.8 Å². The molecule has 140 valence electrons. The van der Waals surface area contributed by atoms with Crippen molar-refractivity contribution in [2.75, 3.05) is 13.1 Å². The SMILES string of the molecule is CC1CCN(C(=O)CCc2nc3sc4c(c3c(=O)[nH]2)CCC(C)C4)CC1. The van der Waals surface area contributed by atoms with Crippen molar-refractivity contribution in [3.63, 3.8) is 0 Å². The van der Waals surface area contributed by atoms with E-state index >= 15 is 0 Å². The number of piperidine rings is 1. The lowest BCUT2D eigenvalue weighted by atomic mass is 9.89. The molecule has 2 aliphatic rings. The van der Waals surface area contributed by atoms with Crippen molar-refractivity contribution in [3.05, 3.63) is 26.6 Å². The topological polar surface area (TPSA) is 66.1 Å². The Bertz CT molecular complexity index is 877. The Balaban J connectivity index is 1.49. The summed E-state index contributed by atoms with van der Waals surface area (Å²) in [6.07, 6.45) is 6.28. The van der Waals surface area contributed by atoms with Gasteiger partial charge in [-0.25, -0.2) is 4.98 Å². The van der Waals surface area contributed by atoms with E-state index in [-0.39, 0.29) is 11.5 Å². The van der Waals surface area contributed by atoms with Gasteiger partial charge < -0.3 is 9.88 Å². The molecule has 0 bridgehead atoms. The van der Waals surface area contributed by atoms with E-state index in [1.54, 1.807) is 11.3 Å². The normalized spacial score (nSPS) is 21.2. The number of aromatic nitrogens is 2. The molecule has 0 saturated carbocycles. The van der Waals surface area contributed by atoms with Crippen LogP contribution >= 0.6 is 11.3 Å². The number of carbonyl (C=O) groups excluding carboxylic acids is 1. The van der Waals surface area contributed by atoms with Gasteiger partial charge in [0.1, 0.15) is 10.7 Å². The monoisotopic (exact) mass is 373 g/mol. The van der Waals surface area contributed by atoms with Crippen LogP contribution in [0.2, 0.25) is 0 Å². The first-order valence-electron chi connectivity index (χ1n) is 9.82. The molecule has 1 aliphatic carbocycles. The summed E-state index contributed by atoms with van der Waals surface area (Å²) in [7, 11) is 0. The summed E-state index contributed by atoms with van der Waals surface area (Å²) in [6, 6.07) is 0. The van der Waals surface area contributed by atoms with Crippen molar-refractivity contribution >= 4 is 27.5 Å². The first-order chi connectivity index (χ1) is 12.5. The smallest absolute Gasteiger partial charge is 0.259 e. The maximum absolute atomic E-state index is 12.6. The molecule has 1 fully saturated rings. The van der Waals surface area contributed by atoms with Crippen LogP contribution in [0, 0.1) is 11.8 Å². The summed E-state index contributed by atoms with van der Waals surface area (Å²) in [5.74, 6) is 2.22. The van der Waals surface area contributed by atoms with Gasteiger partial charge in [-0.05, 0) is 49.5 Å². The van der Waals surface area contributed by atoms with Crippen molar-refractivity contribution in [1.82, 2.24) is 14.9 Å². The summed E-state index contributed by atoms with van der Waals surface area (Å²) in [4.78, 5) is 36.8. The average Bonchev–Trinajstić information content (AvgIpc) is 2.98. The summed E-state index contributed by atoms with van der Waals surface area (Å²) in [5, 5.41) is 0.789. The highest BCUT2D eigenvalue weighted by Crippen LogP contribution is 2.35. The average molecular weight is 374 g/mol. The van der Waals surface area contributed by atoms with E-state index in [1.807, 2.05) is 4.90 Å². The highest BCUT2D eigenvalue weighted by atomic mass is 32.1. The van der Waals surface area contributed by atoms with Crippen molar-refractivity contribution in [2.45, 2.75) is 58.8 Å². The predicted octanol–water partition coefficient (Wildman–Crippen LogP) is 3.30. The maximum atomic E-state index is 12.6. The number of hydrogen-bond donors (Lipinski definition) is 1. The van der Waals surface area contributed by atoms with E-state index in [0.29, 0.717) is 30.5 Å². The van der Waals surface area contributed by atoms with Gasteiger partial charge >= 0.3 is 0 Å². The number of H-pyrrole nitrogens is 1. The largest absolute Gasteiger partial charge is 0.343 e. The van der Waals surface area contributed by atoms with Crippen molar-refractivity contribution in [1.29, 1.82) is 0 Å². The lowest BCUT2D eigenvalue weighted by Gasteiger charge is -2.30. The summed E-state index contributed by atoms with van der Waals surface area (Å²) in [6.45, 7) is 6.23. The Kier molecular flexibility index (Phi) is 4.86. The number of nitrogens with zero attached hydrogens (tertiary/aromatic N) is 2. The number of hydrogen-bond acceptors (Lipinski definition) is 4. The van der Waals surface area contributed by atoms with Gasteiger partial charge in [0.05, 0.1) is 5.39 Å². The molecular weight excluding hydrogens is 346 g/mol. The van der Waals surface area contributed by atoms with Gasteiger partial charge in [0.25, 0.3) is 5.56 Å². The Morgan fingerprint density at radius 1 is 1.23 bits per heavy atom. The van der Waals surface area contributed by atoms with E-state index in [2.05, 4.69) is 23.8 Å². The molecule has 5 nitrogen and oxygen atoms in total. The van der Waals surface area contributed by atoms with Gasteiger partial charge in [-0.2, -0.15) is 0 Å². The minimum atomic E-state index is -0.0312. The van der Waals surface area contributed by atoms with Crippen LogP contribution in [0.15, 0.2) is 4.79 Å². The molecule has 0 radical (unpaired) electrons. The molecule has 3 heterocycles. The van der Waals surface area contributed by atoms with Gasteiger partial charge in [0.2, 0.25) is 5.91 Å². The zero-order valence-corrected chi connectivity index (χ0v) is 16.5. The second kappa shape index (κ2) is 7.14. The van der Waals surface area contributed by atoms with E-state index in [9.17, 15) is 9.59 Å². The molecule has 2 aromatic heterocycles. The number of amides is 1. The number of fused-ring (bicyclic) bond motifs is 3. The number of rotatable bonds is 3. The molecule has 1 N–H and O–H groups in total. The number of carbonyl (C=O) groups is 1. The zero-order chi connectivity index (χ0) is 18.3. The highest BCUT2D eigenvalue weighted by molar-refractivity contribution is 7.18. The molecule has 2 aromatic rings. The molecule has 1 aliphatic heterocycles. The van der Waals surface area contributed by atoms with Gasteiger partial charge in [-0.15, -0.1) is 11.3 Å². The molecule has 1 amide bonds. The van der Waals surface area contributed by atoms with Crippen LogP contribution in [0.5, 0.6) is 0 Å². The molecule has 1 atom stereocenters. The number of aromatic amines is 1.